The Morgan fingerprint density at radius 1 is 1.29 bits per heavy atom. The van der Waals surface area contributed by atoms with Gasteiger partial charge in [0.1, 0.15) is 12.4 Å². The third-order valence-corrected chi connectivity index (χ3v) is 3.32. The van der Waals surface area contributed by atoms with Crippen LogP contribution < -0.4 is 15.8 Å². The minimum absolute atomic E-state index is 0.153. The summed E-state index contributed by atoms with van der Waals surface area (Å²) in [6, 6.07) is 12.4. The number of nitrogens with one attached hydrogen (secondary N) is 1. The van der Waals surface area contributed by atoms with Crippen LogP contribution in [0.3, 0.4) is 0 Å². The van der Waals surface area contributed by atoms with E-state index in [1.165, 1.54) is 0 Å². The van der Waals surface area contributed by atoms with Crippen molar-refractivity contribution in [2.45, 2.75) is 13.5 Å². The van der Waals surface area contributed by atoms with E-state index in [1.54, 1.807) is 24.3 Å². The summed E-state index contributed by atoms with van der Waals surface area (Å²) in [7, 11) is 0. The first-order chi connectivity index (χ1) is 10.1. The summed E-state index contributed by atoms with van der Waals surface area (Å²) in [4.78, 5) is 11.8. The van der Waals surface area contributed by atoms with Crippen molar-refractivity contribution in [3.05, 3.63) is 58.6 Å². The van der Waals surface area contributed by atoms with Crippen molar-refractivity contribution in [2.75, 3.05) is 12.3 Å². The minimum atomic E-state index is -0.153. The molecule has 0 aliphatic heterocycles. The number of carbonyl (C=O) groups excluding carboxylic acids is 1. The van der Waals surface area contributed by atoms with E-state index in [9.17, 15) is 4.79 Å². The molecule has 5 heteroatoms. The largest absolute Gasteiger partial charge is 0.487 e. The summed E-state index contributed by atoms with van der Waals surface area (Å²) >= 11 is 6.08. The molecule has 2 aromatic carbocycles. The van der Waals surface area contributed by atoms with E-state index in [1.807, 2.05) is 25.1 Å². The fourth-order valence-corrected chi connectivity index (χ4v) is 2.02. The fraction of sp³-hybridized carbons (Fsp3) is 0.188. The molecule has 2 rings (SSSR count). The predicted octanol–water partition coefficient (Wildman–Crippen LogP) is 3.25. The Morgan fingerprint density at radius 2 is 2.05 bits per heavy atom. The molecule has 0 aromatic heterocycles. The molecule has 2 aromatic rings. The first kappa shape index (κ1) is 15.2. The molecule has 21 heavy (non-hydrogen) atoms. The number of halogens is 1. The van der Waals surface area contributed by atoms with Crippen molar-refractivity contribution < 1.29 is 9.53 Å². The minimum Gasteiger partial charge on any atom is -0.487 e. The predicted molar refractivity (Wildman–Crippen MR) is 84.6 cm³/mol. The number of rotatable bonds is 5. The van der Waals surface area contributed by atoms with E-state index in [0.717, 1.165) is 5.56 Å². The number of hydrogen-bond donors (Lipinski definition) is 2. The summed E-state index contributed by atoms with van der Waals surface area (Å²) in [5.74, 6) is 0.318. The number of amides is 1. The van der Waals surface area contributed by atoms with E-state index < -0.39 is 0 Å². The number of nitrogens with two attached hydrogens (primary N) is 1. The molecule has 0 unspecified atom stereocenters. The Morgan fingerprint density at radius 3 is 2.76 bits per heavy atom. The molecule has 1 amide bonds. The van der Waals surface area contributed by atoms with E-state index >= 15 is 0 Å². The molecule has 0 bridgehead atoms. The lowest BCUT2D eigenvalue weighted by atomic mass is 10.1. The summed E-state index contributed by atoms with van der Waals surface area (Å²) in [6.07, 6.45) is 0. The standard InChI is InChI=1S/C16H17ClN2O2/c1-2-19-16(20)11-7-8-14(18)15(9-11)21-10-12-5-3-4-6-13(12)17/h3-9H,2,10,18H2,1H3,(H,19,20). The third kappa shape index (κ3) is 3.89. The highest BCUT2D eigenvalue weighted by Gasteiger charge is 2.09. The second kappa shape index (κ2) is 6.99. The maximum atomic E-state index is 11.8. The van der Waals surface area contributed by atoms with Crippen LogP contribution in [0.2, 0.25) is 5.02 Å². The summed E-state index contributed by atoms with van der Waals surface area (Å²) < 4.78 is 5.68. The van der Waals surface area contributed by atoms with Gasteiger partial charge in [-0.2, -0.15) is 0 Å². The molecule has 0 fully saturated rings. The zero-order valence-electron chi connectivity index (χ0n) is 11.7. The second-order valence-corrected chi connectivity index (χ2v) is 4.90. The number of nitrogen functional groups attached to an aromatic ring is 1. The Bertz CT molecular complexity index is 644. The van der Waals surface area contributed by atoms with Crippen LogP contribution in [0, 0.1) is 0 Å². The van der Waals surface area contributed by atoms with Crippen LogP contribution in [0.5, 0.6) is 5.75 Å². The normalized spacial score (nSPS) is 10.2. The molecule has 0 spiro atoms. The molecule has 0 aliphatic carbocycles. The van der Waals surface area contributed by atoms with Crippen molar-refractivity contribution in [3.8, 4) is 5.75 Å². The molecule has 0 heterocycles. The van der Waals surface area contributed by atoms with Gasteiger partial charge in [-0.05, 0) is 31.2 Å². The molecule has 0 saturated carbocycles. The van der Waals surface area contributed by atoms with Gasteiger partial charge in [0.05, 0.1) is 5.69 Å². The van der Waals surface area contributed by atoms with Gasteiger partial charge in [-0.25, -0.2) is 0 Å². The lowest BCUT2D eigenvalue weighted by molar-refractivity contribution is 0.0955. The van der Waals surface area contributed by atoms with Gasteiger partial charge >= 0.3 is 0 Å². The zero-order chi connectivity index (χ0) is 15.2. The van der Waals surface area contributed by atoms with E-state index in [2.05, 4.69) is 5.32 Å². The second-order valence-electron chi connectivity index (χ2n) is 4.49. The highest BCUT2D eigenvalue weighted by Crippen LogP contribution is 2.25. The van der Waals surface area contributed by atoms with Crippen molar-refractivity contribution in [1.82, 2.24) is 5.32 Å². The molecule has 4 nitrogen and oxygen atoms in total. The van der Waals surface area contributed by atoms with Crippen LogP contribution in [0.15, 0.2) is 42.5 Å². The molecule has 0 atom stereocenters. The van der Waals surface area contributed by atoms with Gasteiger partial charge in [0.25, 0.3) is 5.91 Å². The van der Waals surface area contributed by atoms with Gasteiger partial charge in [-0.15, -0.1) is 0 Å². The highest BCUT2D eigenvalue weighted by atomic mass is 35.5. The van der Waals surface area contributed by atoms with E-state index in [0.29, 0.717) is 35.2 Å². The zero-order valence-corrected chi connectivity index (χ0v) is 12.5. The topological polar surface area (TPSA) is 64.4 Å². The Balaban J connectivity index is 2.14. The van der Waals surface area contributed by atoms with Crippen molar-refractivity contribution in [2.24, 2.45) is 0 Å². The van der Waals surface area contributed by atoms with Gasteiger partial charge in [0.15, 0.2) is 0 Å². The lowest BCUT2D eigenvalue weighted by Crippen LogP contribution is -2.22. The SMILES string of the molecule is CCNC(=O)c1ccc(N)c(OCc2ccccc2Cl)c1. The molecule has 110 valence electrons. The number of carbonyl (C=O) groups is 1. The van der Waals surface area contributed by atoms with E-state index in [-0.39, 0.29) is 5.91 Å². The van der Waals surface area contributed by atoms with Crippen molar-refractivity contribution in [3.63, 3.8) is 0 Å². The average Bonchev–Trinajstić information content (AvgIpc) is 2.48. The number of hydrogen-bond acceptors (Lipinski definition) is 3. The van der Waals surface area contributed by atoms with Crippen molar-refractivity contribution in [1.29, 1.82) is 0 Å². The van der Waals surface area contributed by atoms with E-state index in [4.69, 9.17) is 22.1 Å². The first-order valence-electron chi connectivity index (χ1n) is 6.65. The van der Waals surface area contributed by atoms with Crippen LogP contribution in [0.1, 0.15) is 22.8 Å². The molecule has 0 saturated heterocycles. The number of benzene rings is 2. The Hall–Kier alpha value is -2.20. The van der Waals surface area contributed by atoms with Crippen molar-refractivity contribution >= 4 is 23.2 Å². The average molecular weight is 305 g/mol. The maximum Gasteiger partial charge on any atom is 0.251 e. The number of anilines is 1. The summed E-state index contributed by atoms with van der Waals surface area (Å²) in [5.41, 5.74) is 7.73. The molecular formula is C16H17ClN2O2. The molecule has 0 aliphatic rings. The molecular weight excluding hydrogens is 288 g/mol. The third-order valence-electron chi connectivity index (χ3n) is 2.95. The van der Waals surface area contributed by atoms with Gasteiger partial charge in [-0.3, -0.25) is 4.79 Å². The molecule has 0 radical (unpaired) electrons. The van der Waals surface area contributed by atoms with Gasteiger partial charge < -0.3 is 15.8 Å². The fourth-order valence-electron chi connectivity index (χ4n) is 1.83. The number of ether oxygens (including phenoxy) is 1. The lowest BCUT2D eigenvalue weighted by Gasteiger charge is -2.11. The van der Waals surface area contributed by atoms with Crippen LogP contribution in [0.25, 0.3) is 0 Å². The quantitative estimate of drug-likeness (QED) is 0.833. The first-order valence-corrected chi connectivity index (χ1v) is 7.03. The summed E-state index contributed by atoms with van der Waals surface area (Å²) in [5, 5.41) is 3.37. The van der Waals surface area contributed by atoms with Crippen LogP contribution in [0.4, 0.5) is 5.69 Å². The van der Waals surface area contributed by atoms with Gasteiger partial charge in [-0.1, -0.05) is 29.8 Å². The highest BCUT2D eigenvalue weighted by molar-refractivity contribution is 6.31. The van der Waals surface area contributed by atoms with Crippen LogP contribution in [-0.4, -0.2) is 12.5 Å². The summed E-state index contributed by atoms with van der Waals surface area (Å²) in [6.45, 7) is 2.73. The molecule has 3 N–H and O–H groups in total. The van der Waals surface area contributed by atoms with Crippen LogP contribution in [-0.2, 0) is 6.61 Å². The monoisotopic (exact) mass is 304 g/mol. The van der Waals surface area contributed by atoms with Gasteiger partial charge in [0.2, 0.25) is 0 Å². The smallest absolute Gasteiger partial charge is 0.251 e. The van der Waals surface area contributed by atoms with Crippen LogP contribution >= 0.6 is 11.6 Å². The Kier molecular flexibility index (Phi) is 5.06. The Labute approximate surface area is 128 Å². The maximum absolute atomic E-state index is 11.8. The van der Waals surface area contributed by atoms with Gasteiger partial charge in [0, 0.05) is 22.7 Å².